The molecule has 23 heavy (non-hydrogen) atoms. The summed E-state index contributed by atoms with van der Waals surface area (Å²) in [4.78, 5) is 5.34. The fraction of sp³-hybridized carbons (Fsp3) is 0.571. The highest BCUT2D eigenvalue weighted by molar-refractivity contribution is 7.99. The Bertz CT molecular complexity index is 681. The molecule has 2 atom stereocenters. The minimum absolute atomic E-state index is 0.00459. The lowest BCUT2D eigenvalue weighted by Crippen LogP contribution is -2.46. The molecular formula is C14H18F2N2O3S2. The van der Waals surface area contributed by atoms with E-state index in [4.69, 9.17) is 4.84 Å². The summed E-state index contributed by atoms with van der Waals surface area (Å²) in [6.45, 7) is 0.806. The number of hydroxylamine groups is 2. The molecular weight excluding hydrogens is 346 g/mol. The quantitative estimate of drug-likeness (QED) is 0.816. The monoisotopic (exact) mass is 364 g/mol. The molecule has 0 spiro atoms. The third-order valence-corrected chi connectivity index (χ3v) is 7.36. The molecule has 2 fully saturated rings. The van der Waals surface area contributed by atoms with Crippen molar-refractivity contribution in [3.8, 4) is 0 Å². The maximum absolute atomic E-state index is 14.1. The van der Waals surface area contributed by atoms with Crippen LogP contribution in [0.25, 0.3) is 0 Å². The molecule has 0 saturated carbocycles. The van der Waals surface area contributed by atoms with Crippen molar-refractivity contribution in [2.45, 2.75) is 11.3 Å². The van der Waals surface area contributed by atoms with Gasteiger partial charge in [-0.25, -0.2) is 17.2 Å². The van der Waals surface area contributed by atoms with Crippen LogP contribution in [-0.2, 0) is 14.9 Å². The van der Waals surface area contributed by atoms with Gasteiger partial charge in [-0.15, -0.1) is 0 Å². The second kappa shape index (κ2) is 6.64. The molecule has 2 aliphatic heterocycles. The van der Waals surface area contributed by atoms with Crippen molar-refractivity contribution < 1.29 is 22.0 Å². The Kier molecular flexibility index (Phi) is 4.93. The van der Waals surface area contributed by atoms with Crippen LogP contribution in [0.15, 0.2) is 18.2 Å². The van der Waals surface area contributed by atoms with E-state index in [1.807, 2.05) is 0 Å². The third kappa shape index (κ3) is 3.25. The lowest BCUT2D eigenvalue weighted by Gasteiger charge is -2.31. The molecule has 0 aromatic heterocycles. The first-order valence-electron chi connectivity index (χ1n) is 7.28. The van der Waals surface area contributed by atoms with Crippen molar-refractivity contribution in [3.63, 3.8) is 0 Å². The minimum atomic E-state index is -3.66. The highest BCUT2D eigenvalue weighted by Crippen LogP contribution is 2.36. The molecule has 3 rings (SSSR count). The summed E-state index contributed by atoms with van der Waals surface area (Å²) in [5.74, 6) is 0.235. The average molecular weight is 364 g/mol. The maximum Gasteiger partial charge on any atom is 0.221 e. The van der Waals surface area contributed by atoms with Crippen molar-refractivity contribution in [2.24, 2.45) is 0 Å². The zero-order chi connectivity index (χ0) is 16.6. The van der Waals surface area contributed by atoms with Gasteiger partial charge in [0.1, 0.15) is 16.9 Å². The van der Waals surface area contributed by atoms with E-state index in [-0.39, 0.29) is 12.2 Å². The summed E-state index contributed by atoms with van der Waals surface area (Å²) >= 11 is 1.70. The standard InChI is InChI=1S/C14H18F2N2O3S2/c1-17-14(11-8-10(15)2-3-12(11)16)13(9-21-17)23(19,20)18-4-6-22-7-5-18/h2-3,8,13-14H,4-7,9H2,1H3/t13-,14+/m0/s1. The van der Waals surface area contributed by atoms with Crippen LogP contribution in [0.4, 0.5) is 8.78 Å². The van der Waals surface area contributed by atoms with Crippen LogP contribution in [0.3, 0.4) is 0 Å². The van der Waals surface area contributed by atoms with E-state index in [0.717, 1.165) is 29.7 Å². The van der Waals surface area contributed by atoms with Crippen LogP contribution in [0.5, 0.6) is 0 Å². The summed E-state index contributed by atoms with van der Waals surface area (Å²) in [5.41, 5.74) is 0.00459. The Balaban J connectivity index is 1.96. The first-order chi connectivity index (χ1) is 10.9. The van der Waals surface area contributed by atoms with Gasteiger partial charge in [-0.2, -0.15) is 21.1 Å². The van der Waals surface area contributed by atoms with E-state index < -0.39 is 32.9 Å². The molecule has 0 bridgehead atoms. The van der Waals surface area contributed by atoms with Crippen LogP contribution in [0.2, 0.25) is 0 Å². The Morgan fingerprint density at radius 1 is 1.26 bits per heavy atom. The second-order valence-electron chi connectivity index (χ2n) is 5.55. The third-order valence-electron chi connectivity index (χ3n) is 4.18. The summed E-state index contributed by atoms with van der Waals surface area (Å²) in [5, 5.41) is 0.352. The minimum Gasteiger partial charge on any atom is -0.297 e. The molecule has 1 aromatic rings. The van der Waals surface area contributed by atoms with Gasteiger partial charge in [0, 0.05) is 37.2 Å². The van der Waals surface area contributed by atoms with Crippen LogP contribution in [0.1, 0.15) is 11.6 Å². The van der Waals surface area contributed by atoms with Crippen LogP contribution < -0.4 is 0 Å². The Labute approximate surface area is 138 Å². The van der Waals surface area contributed by atoms with Gasteiger partial charge in [-0.1, -0.05) is 0 Å². The van der Waals surface area contributed by atoms with Crippen molar-refractivity contribution >= 4 is 21.8 Å². The van der Waals surface area contributed by atoms with Crippen molar-refractivity contribution in [2.75, 3.05) is 38.2 Å². The smallest absolute Gasteiger partial charge is 0.221 e. The number of sulfonamides is 1. The Hall–Kier alpha value is -0.740. The van der Waals surface area contributed by atoms with Gasteiger partial charge in [0.25, 0.3) is 0 Å². The van der Waals surface area contributed by atoms with Crippen molar-refractivity contribution in [1.29, 1.82) is 0 Å². The fourth-order valence-corrected chi connectivity index (χ4v) is 6.06. The average Bonchev–Trinajstić information content (AvgIpc) is 2.93. The molecule has 2 saturated heterocycles. The van der Waals surface area contributed by atoms with Crippen LogP contribution in [-0.4, -0.2) is 61.3 Å². The lowest BCUT2D eigenvalue weighted by molar-refractivity contribution is -0.111. The van der Waals surface area contributed by atoms with Gasteiger partial charge < -0.3 is 0 Å². The topological polar surface area (TPSA) is 49.9 Å². The van der Waals surface area contributed by atoms with E-state index in [1.54, 1.807) is 11.8 Å². The highest BCUT2D eigenvalue weighted by atomic mass is 32.2. The fourth-order valence-electron chi connectivity index (χ4n) is 2.98. The predicted molar refractivity (Wildman–Crippen MR) is 84.4 cm³/mol. The van der Waals surface area contributed by atoms with Crippen LogP contribution in [0, 0.1) is 11.6 Å². The van der Waals surface area contributed by atoms with Gasteiger partial charge in [-0.3, -0.25) is 4.84 Å². The van der Waals surface area contributed by atoms with Gasteiger partial charge in [-0.05, 0) is 18.2 Å². The molecule has 2 aliphatic rings. The Morgan fingerprint density at radius 3 is 2.65 bits per heavy atom. The summed E-state index contributed by atoms with van der Waals surface area (Å²) in [7, 11) is -2.12. The normalized spacial score (nSPS) is 27.4. The molecule has 9 heteroatoms. The van der Waals surface area contributed by atoms with Gasteiger partial charge in [0.05, 0.1) is 12.6 Å². The molecule has 0 aliphatic carbocycles. The zero-order valence-corrected chi connectivity index (χ0v) is 14.2. The lowest BCUT2D eigenvalue weighted by atomic mass is 10.0. The van der Waals surface area contributed by atoms with Crippen molar-refractivity contribution in [3.05, 3.63) is 35.4 Å². The predicted octanol–water partition coefficient (Wildman–Crippen LogP) is 1.63. The Morgan fingerprint density at radius 2 is 1.96 bits per heavy atom. The summed E-state index contributed by atoms with van der Waals surface area (Å²) in [6.07, 6.45) is 0. The number of halogens is 2. The second-order valence-corrected chi connectivity index (χ2v) is 8.92. The van der Waals surface area contributed by atoms with E-state index >= 15 is 0 Å². The SMILES string of the molecule is CN1OC[C@H](S(=O)(=O)N2CCSCC2)[C@H]1c1cc(F)ccc1F. The molecule has 0 radical (unpaired) electrons. The number of thioether (sulfide) groups is 1. The largest absolute Gasteiger partial charge is 0.297 e. The maximum atomic E-state index is 14.1. The van der Waals surface area contributed by atoms with Crippen molar-refractivity contribution in [1.82, 2.24) is 9.37 Å². The molecule has 0 amide bonds. The van der Waals surface area contributed by atoms with Gasteiger partial charge >= 0.3 is 0 Å². The first kappa shape index (κ1) is 17.1. The number of benzene rings is 1. The highest BCUT2D eigenvalue weighted by Gasteiger charge is 2.46. The van der Waals surface area contributed by atoms with Gasteiger partial charge in [0.15, 0.2) is 0 Å². The summed E-state index contributed by atoms with van der Waals surface area (Å²) in [6, 6.07) is 2.20. The molecule has 128 valence electrons. The number of hydrogen-bond acceptors (Lipinski definition) is 5. The number of rotatable bonds is 3. The molecule has 5 nitrogen and oxygen atoms in total. The molecule has 1 aromatic carbocycles. The van der Waals surface area contributed by atoms with Gasteiger partial charge in [0.2, 0.25) is 10.0 Å². The van der Waals surface area contributed by atoms with E-state index in [1.165, 1.54) is 16.4 Å². The zero-order valence-electron chi connectivity index (χ0n) is 12.6. The number of hydrogen-bond donors (Lipinski definition) is 0. The van der Waals surface area contributed by atoms with Crippen LogP contribution >= 0.6 is 11.8 Å². The van der Waals surface area contributed by atoms with E-state index in [9.17, 15) is 17.2 Å². The van der Waals surface area contributed by atoms with E-state index in [2.05, 4.69) is 0 Å². The summed E-state index contributed by atoms with van der Waals surface area (Å²) < 4.78 is 54.9. The first-order valence-corrected chi connectivity index (χ1v) is 9.94. The number of nitrogens with zero attached hydrogens (tertiary/aromatic N) is 2. The molecule has 0 unspecified atom stereocenters. The molecule has 2 heterocycles. The van der Waals surface area contributed by atoms with E-state index in [0.29, 0.717) is 13.1 Å². The molecule has 0 N–H and O–H groups in total.